The van der Waals surface area contributed by atoms with Crippen molar-refractivity contribution in [2.45, 2.75) is 96.1 Å². The molecule has 0 heterocycles. The van der Waals surface area contributed by atoms with Gasteiger partial charge in [0.25, 0.3) is 0 Å². The van der Waals surface area contributed by atoms with E-state index in [-0.39, 0.29) is 23.9 Å². The molecule has 2 rings (SSSR count). The van der Waals surface area contributed by atoms with Crippen LogP contribution in [-0.4, -0.2) is 45.7 Å². The molecular weight excluding hydrogens is 392 g/mol. The third kappa shape index (κ3) is 9.55. The Kier molecular flexibility index (Phi) is 11.3. The quantitative estimate of drug-likeness (QED) is 0.247. The summed E-state index contributed by atoms with van der Waals surface area (Å²) in [6.45, 7) is 3.69. The predicted octanol–water partition coefficient (Wildman–Crippen LogP) is 4.19. The van der Waals surface area contributed by atoms with E-state index in [1.807, 2.05) is 38.1 Å². The lowest BCUT2D eigenvalue weighted by Gasteiger charge is -2.23. The lowest BCUT2D eigenvalue weighted by Crippen LogP contribution is -2.23. The van der Waals surface area contributed by atoms with E-state index in [1.165, 1.54) is 5.56 Å². The Morgan fingerprint density at radius 1 is 1.10 bits per heavy atom. The van der Waals surface area contributed by atoms with Gasteiger partial charge in [-0.2, -0.15) is 0 Å². The number of ether oxygens (including phenoxy) is 1. The molecule has 5 atom stereocenters. The van der Waals surface area contributed by atoms with Gasteiger partial charge in [-0.15, -0.1) is 0 Å². The summed E-state index contributed by atoms with van der Waals surface area (Å²) in [7, 11) is 0. The number of allylic oxidation sites excluding steroid dienone is 2. The summed E-state index contributed by atoms with van der Waals surface area (Å²) >= 11 is 0. The molecule has 5 nitrogen and oxygen atoms in total. The van der Waals surface area contributed by atoms with Gasteiger partial charge in [-0.25, -0.2) is 0 Å². The number of hydrogen-bond acceptors (Lipinski definition) is 5. The number of unbranched alkanes of at least 4 members (excludes halogenated alkanes) is 1. The van der Waals surface area contributed by atoms with Gasteiger partial charge in [0.1, 0.15) is 0 Å². The normalized spacial score (nSPS) is 24.7. The van der Waals surface area contributed by atoms with Crippen LogP contribution in [0.3, 0.4) is 0 Å². The van der Waals surface area contributed by atoms with Crippen molar-refractivity contribution in [1.29, 1.82) is 0 Å². The van der Waals surface area contributed by atoms with Crippen LogP contribution in [0.15, 0.2) is 42.5 Å². The SMILES string of the molecule is CC(C)OC(=O)CCC/C=C\C[C@H]1[C@H](CC[C@H](O)CCc2ccccc2)[C@@H](O)C[C@H]1O. The van der Waals surface area contributed by atoms with E-state index in [2.05, 4.69) is 18.2 Å². The van der Waals surface area contributed by atoms with Gasteiger partial charge in [0.2, 0.25) is 0 Å². The van der Waals surface area contributed by atoms with Gasteiger partial charge in [-0.1, -0.05) is 42.5 Å². The number of benzene rings is 1. The van der Waals surface area contributed by atoms with Crippen LogP contribution in [0.4, 0.5) is 0 Å². The molecule has 0 bridgehead atoms. The zero-order valence-electron chi connectivity index (χ0n) is 19.0. The molecule has 1 fully saturated rings. The second kappa shape index (κ2) is 13.7. The van der Waals surface area contributed by atoms with E-state index >= 15 is 0 Å². The lowest BCUT2D eigenvalue weighted by atomic mass is 9.85. The summed E-state index contributed by atoms with van der Waals surface area (Å²) in [5, 5.41) is 31.2. The number of carbonyl (C=O) groups is 1. The van der Waals surface area contributed by atoms with Gasteiger partial charge in [-0.3, -0.25) is 4.79 Å². The maximum Gasteiger partial charge on any atom is 0.306 e. The first-order valence-electron chi connectivity index (χ1n) is 11.8. The zero-order valence-corrected chi connectivity index (χ0v) is 19.0. The average Bonchev–Trinajstić information content (AvgIpc) is 3.00. The molecule has 1 aliphatic carbocycles. The molecule has 0 saturated heterocycles. The highest BCUT2D eigenvalue weighted by molar-refractivity contribution is 5.69. The van der Waals surface area contributed by atoms with Gasteiger partial charge in [0.05, 0.1) is 24.4 Å². The van der Waals surface area contributed by atoms with Crippen LogP contribution in [0.25, 0.3) is 0 Å². The van der Waals surface area contributed by atoms with Crippen molar-refractivity contribution in [2.24, 2.45) is 11.8 Å². The Bertz CT molecular complexity index is 657. The van der Waals surface area contributed by atoms with E-state index in [4.69, 9.17) is 4.74 Å². The molecule has 1 aromatic carbocycles. The summed E-state index contributed by atoms with van der Waals surface area (Å²) < 4.78 is 5.12. The fourth-order valence-electron chi connectivity index (χ4n) is 4.47. The molecule has 0 unspecified atom stereocenters. The maximum atomic E-state index is 11.5. The average molecular weight is 433 g/mol. The standard InChI is InChI=1S/C26H40O5/c1-19(2)31-26(30)13-9-4-3-8-12-22-23(25(29)18-24(22)28)17-16-21(27)15-14-20-10-6-5-7-11-20/h3,5-8,10-11,19,21-25,27-29H,4,9,12-18H2,1-2H3/b8-3-/t21-,22+,23+,24-,25+/m1/s1. The highest BCUT2D eigenvalue weighted by Crippen LogP contribution is 2.38. The second-order valence-corrected chi connectivity index (χ2v) is 9.09. The topological polar surface area (TPSA) is 87.0 Å². The van der Waals surface area contributed by atoms with E-state index in [0.29, 0.717) is 38.5 Å². The van der Waals surface area contributed by atoms with Crippen LogP contribution in [0.5, 0.6) is 0 Å². The number of aliphatic hydroxyl groups excluding tert-OH is 3. The van der Waals surface area contributed by atoms with Crippen LogP contribution in [0.1, 0.15) is 70.8 Å². The summed E-state index contributed by atoms with van der Waals surface area (Å²) in [6, 6.07) is 10.1. The van der Waals surface area contributed by atoms with E-state index < -0.39 is 18.3 Å². The fraction of sp³-hybridized carbons (Fsp3) is 0.654. The van der Waals surface area contributed by atoms with E-state index in [0.717, 1.165) is 19.3 Å². The van der Waals surface area contributed by atoms with Crippen LogP contribution < -0.4 is 0 Å². The van der Waals surface area contributed by atoms with Crippen molar-refractivity contribution in [3.63, 3.8) is 0 Å². The number of hydrogen-bond donors (Lipinski definition) is 3. The number of carbonyl (C=O) groups excluding carboxylic acids is 1. The van der Waals surface area contributed by atoms with Crippen LogP contribution >= 0.6 is 0 Å². The lowest BCUT2D eigenvalue weighted by molar-refractivity contribution is -0.147. The van der Waals surface area contributed by atoms with Crippen molar-refractivity contribution < 1.29 is 24.9 Å². The molecule has 0 aliphatic heterocycles. The molecule has 31 heavy (non-hydrogen) atoms. The minimum absolute atomic E-state index is 0.00652. The Hall–Kier alpha value is -1.69. The predicted molar refractivity (Wildman–Crippen MR) is 122 cm³/mol. The molecule has 0 radical (unpaired) electrons. The first-order valence-corrected chi connectivity index (χ1v) is 11.8. The van der Waals surface area contributed by atoms with E-state index in [9.17, 15) is 20.1 Å². The van der Waals surface area contributed by atoms with Crippen LogP contribution in [0.2, 0.25) is 0 Å². The highest BCUT2D eigenvalue weighted by Gasteiger charge is 2.40. The number of rotatable bonds is 13. The monoisotopic (exact) mass is 432 g/mol. The smallest absolute Gasteiger partial charge is 0.306 e. The van der Waals surface area contributed by atoms with Gasteiger partial charge in [0, 0.05) is 6.42 Å². The van der Waals surface area contributed by atoms with Crippen LogP contribution in [0, 0.1) is 11.8 Å². The third-order valence-electron chi connectivity index (χ3n) is 6.16. The molecule has 174 valence electrons. The van der Waals surface area contributed by atoms with Crippen molar-refractivity contribution in [2.75, 3.05) is 0 Å². The van der Waals surface area contributed by atoms with Crippen molar-refractivity contribution >= 4 is 5.97 Å². The largest absolute Gasteiger partial charge is 0.463 e. The van der Waals surface area contributed by atoms with Gasteiger partial charge >= 0.3 is 5.97 Å². The molecule has 3 N–H and O–H groups in total. The van der Waals surface area contributed by atoms with Crippen molar-refractivity contribution in [3.05, 3.63) is 48.0 Å². The van der Waals surface area contributed by atoms with Crippen molar-refractivity contribution in [1.82, 2.24) is 0 Å². The van der Waals surface area contributed by atoms with Gasteiger partial charge in [-0.05, 0) is 82.6 Å². The highest BCUT2D eigenvalue weighted by atomic mass is 16.5. The van der Waals surface area contributed by atoms with Gasteiger partial charge in [0.15, 0.2) is 0 Å². The molecule has 5 heteroatoms. The zero-order chi connectivity index (χ0) is 22.6. The molecular formula is C26H40O5. The minimum Gasteiger partial charge on any atom is -0.463 e. The molecule has 0 spiro atoms. The summed E-state index contributed by atoms with van der Waals surface area (Å²) in [4.78, 5) is 11.5. The molecule has 1 saturated carbocycles. The first kappa shape index (κ1) is 25.6. The number of esters is 1. The van der Waals surface area contributed by atoms with Crippen molar-refractivity contribution in [3.8, 4) is 0 Å². The van der Waals surface area contributed by atoms with Gasteiger partial charge < -0.3 is 20.1 Å². The Morgan fingerprint density at radius 2 is 1.81 bits per heavy atom. The summed E-state index contributed by atoms with van der Waals surface area (Å²) in [5.41, 5.74) is 1.22. The fourth-order valence-corrected chi connectivity index (χ4v) is 4.47. The Balaban J connectivity index is 1.70. The second-order valence-electron chi connectivity index (χ2n) is 9.09. The molecule has 1 aromatic rings. The summed E-state index contributed by atoms with van der Waals surface area (Å²) in [6.07, 6.45) is 8.58. The number of aliphatic hydroxyl groups is 3. The summed E-state index contributed by atoms with van der Waals surface area (Å²) in [5.74, 6) is -0.144. The maximum absolute atomic E-state index is 11.5. The first-order chi connectivity index (χ1) is 14.9. The van der Waals surface area contributed by atoms with Crippen LogP contribution in [-0.2, 0) is 16.0 Å². The molecule has 1 aliphatic rings. The Labute approximate surface area is 187 Å². The number of aryl methyl sites for hydroxylation is 1. The molecule has 0 aromatic heterocycles. The van der Waals surface area contributed by atoms with E-state index in [1.54, 1.807) is 0 Å². The minimum atomic E-state index is -0.513. The third-order valence-corrected chi connectivity index (χ3v) is 6.16. The molecule has 0 amide bonds. The Morgan fingerprint density at radius 3 is 2.52 bits per heavy atom.